The van der Waals surface area contributed by atoms with Gasteiger partial charge in [0.25, 0.3) is 5.91 Å². The third-order valence-electron chi connectivity index (χ3n) is 3.57. The van der Waals surface area contributed by atoms with Crippen molar-refractivity contribution in [1.82, 2.24) is 15.4 Å². The molecule has 0 bridgehead atoms. The van der Waals surface area contributed by atoms with Gasteiger partial charge in [-0.05, 0) is 37.2 Å². The summed E-state index contributed by atoms with van der Waals surface area (Å²) in [5.74, 6) is -1.46. The molecule has 0 aliphatic heterocycles. The number of unbranched alkanes of at least 4 members (excludes halogenated alkanes) is 1. The van der Waals surface area contributed by atoms with Crippen LogP contribution in [0, 0.1) is 0 Å². The summed E-state index contributed by atoms with van der Waals surface area (Å²) in [4.78, 5) is 34.6. The van der Waals surface area contributed by atoms with Crippen molar-refractivity contribution in [3.05, 3.63) is 29.8 Å². The average Bonchev–Trinajstić information content (AvgIpc) is 2.70. The fraction of sp³-hybridized carbons (Fsp3) is 0.389. The molecule has 0 saturated heterocycles. The Morgan fingerprint density at radius 1 is 1.21 bits per heavy atom. The van der Waals surface area contributed by atoms with Crippen LogP contribution in [0.3, 0.4) is 0 Å². The molecule has 3 N–H and O–H groups in total. The van der Waals surface area contributed by atoms with Gasteiger partial charge >= 0.3 is 12.0 Å². The topological polar surface area (TPSA) is 140 Å². The number of benzene rings is 1. The van der Waals surface area contributed by atoms with Gasteiger partial charge < -0.3 is 14.8 Å². The summed E-state index contributed by atoms with van der Waals surface area (Å²) >= 11 is 0. The van der Waals surface area contributed by atoms with Crippen LogP contribution in [0.15, 0.2) is 29.2 Å². The van der Waals surface area contributed by atoms with Gasteiger partial charge in [-0.25, -0.2) is 22.7 Å². The third-order valence-corrected chi connectivity index (χ3v) is 5.01. The van der Waals surface area contributed by atoms with Crippen molar-refractivity contribution < 1.29 is 32.3 Å². The van der Waals surface area contributed by atoms with E-state index in [4.69, 9.17) is 9.47 Å². The van der Waals surface area contributed by atoms with Crippen molar-refractivity contribution in [3.63, 3.8) is 0 Å². The quantitative estimate of drug-likeness (QED) is 0.285. The molecule has 10 nitrogen and oxygen atoms in total. The van der Waals surface area contributed by atoms with E-state index in [1.54, 1.807) is 6.07 Å². The summed E-state index contributed by atoms with van der Waals surface area (Å²) in [7, 11) is -1.15. The SMILES string of the molecule is CCCCNC(=O)NC(=O)COC(=O)/C=C/c1ccc(OC)c(S(=O)(=O)NC)c1. The lowest BCUT2D eigenvalue weighted by molar-refractivity contribution is -0.143. The number of ether oxygens (including phenoxy) is 2. The number of hydrogen-bond donors (Lipinski definition) is 3. The minimum absolute atomic E-state index is 0.0912. The molecule has 0 aliphatic rings. The normalized spacial score (nSPS) is 11.1. The average molecular weight is 427 g/mol. The van der Waals surface area contributed by atoms with Crippen LogP contribution in [0.1, 0.15) is 25.3 Å². The zero-order valence-electron chi connectivity index (χ0n) is 16.5. The number of rotatable bonds is 10. The summed E-state index contributed by atoms with van der Waals surface area (Å²) in [6, 6.07) is 3.65. The van der Waals surface area contributed by atoms with E-state index >= 15 is 0 Å². The second-order valence-electron chi connectivity index (χ2n) is 5.72. The van der Waals surface area contributed by atoms with Crippen LogP contribution in [0.25, 0.3) is 6.08 Å². The lowest BCUT2D eigenvalue weighted by atomic mass is 10.2. The Hall–Kier alpha value is -2.92. The number of carbonyl (C=O) groups is 3. The molecule has 0 heterocycles. The molecule has 11 heteroatoms. The lowest BCUT2D eigenvalue weighted by Gasteiger charge is -2.09. The van der Waals surface area contributed by atoms with Gasteiger partial charge in [0.2, 0.25) is 10.0 Å². The van der Waals surface area contributed by atoms with E-state index in [-0.39, 0.29) is 10.6 Å². The maximum Gasteiger partial charge on any atom is 0.331 e. The first-order chi connectivity index (χ1) is 13.7. The predicted molar refractivity (Wildman–Crippen MR) is 106 cm³/mol. The van der Waals surface area contributed by atoms with Crippen LogP contribution in [0.4, 0.5) is 4.79 Å². The molecule has 1 aromatic carbocycles. The van der Waals surface area contributed by atoms with Gasteiger partial charge in [0.15, 0.2) is 6.61 Å². The van der Waals surface area contributed by atoms with Crippen LogP contribution in [0.5, 0.6) is 5.75 Å². The van der Waals surface area contributed by atoms with Gasteiger partial charge in [0, 0.05) is 12.6 Å². The van der Waals surface area contributed by atoms with E-state index in [1.165, 1.54) is 32.4 Å². The van der Waals surface area contributed by atoms with Gasteiger partial charge in [0.1, 0.15) is 10.6 Å². The van der Waals surface area contributed by atoms with Gasteiger partial charge in [-0.3, -0.25) is 10.1 Å². The molecule has 1 rings (SSSR count). The first-order valence-electron chi connectivity index (χ1n) is 8.77. The largest absolute Gasteiger partial charge is 0.495 e. The maximum atomic E-state index is 12.0. The second-order valence-corrected chi connectivity index (χ2v) is 7.57. The zero-order chi connectivity index (χ0) is 21.9. The van der Waals surface area contributed by atoms with E-state index in [1.807, 2.05) is 12.2 Å². The van der Waals surface area contributed by atoms with Gasteiger partial charge in [-0.1, -0.05) is 19.4 Å². The molecular weight excluding hydrogens is 402 g/mol. The first kappa shape index (κ1) is 24.1. The Balaban J connectivity index is 2.63. The van der Waals surface area contributed by atoms with E-state index in [2.05, 4.69) is 10.0 Å². The molecule has 0 saturated carbocycles. The molecule has 0 atom stereocenters. The number of imide groups is 1. The van der Waals surface area contributed by atoms with Gasteiger partial charge in [-0.15, -0.1) is 0 Å². The highest BCUT2D eigenvalue weighted by Crippen LogP contribution is 2.25. The van der Waals surface area contributed by atoms with Crippen molar-refractivity contribution >= 4 is 34.0 Å². The number of nitrogens with one attached hydrogen (secondary N) is 3. The number of carbonyl (C=O) groups excluding carboxylic acids is 3. The number of methoxy groups -OCH3 is 1. The van der Waals surface area contributed by atoms with Crippen LogP contribution < -0.4 is 20.1 Å². The number of esters is 1. The molecule has 160 valence electrons. The zero-order valence-corrected chi connectivity index (χ0v) is 17.3. The van der Waals surface area contributed by atoms with Crippen molar-refractivity contribution in [2.24, 2.45) is 0 Å². The van der Waals surface area contributed by atoms with Crippen molar-refractivity contribution in [2.75, 3.05) is 27.3 Å². The molecular formula is C18H25N3O7S. The summed E-state index contributed by atoms with van der Waals surface area (Å²) in [5.41, 5.74) is 0.399. The summed E-state index contributed by atoms with van der Waals surface area (Å²) < 4.78 is 36.0. The van der Waals surface area contributed by atoms with E-state index in [0.29, 0.717) is 12.1 Å². The first-order valence-corrected chi connectivity index (χ1v) is 10.3. The summed E-state index contributed by atoms with van der Waals surface area (Å²) in [6.45, 7) is 1.77. The lowest BCUT2D eigenvalue weighted by Crippen LogP contribution is -2.41. The molecule has 3 amide bonds. The van der Waals surface area contributed by atoms with Crippen LogP contribution >= 0.6 is 0 Å². The third kappa shape index (κ3) is 8.32. The smallest absolute Gasteiger partial charge is 0.331 e. The van der Waals surface area contributed by atoms with E-state index in [0.717, 1.165) is 18.9 Å². The van der Waals surface area contributed by atoms with Crippen LogP contribution in [0.2, 0.25) is 0 Å². The fourth-order valence-corrected chi connectivity index (χ4v) is 2.98. The second kappa shape index (κ2) is 11.8. The van der Waals surface area contributed by atoms with Crippen LogP contribution in [-0.2, 0) is 24.3 Å². The highest BCUT2D eigenvalue weighted by Gasteiger charge is 2.17. The molecule has 0 radical (unpaired) electrons. The molecule has 0 spiro atoms. The molecule has 0 fully saturated rings. The maximum absolute atomic E-state index is 12.0. The fourth-order valence-electron chi connectivity index (χ4n) is 2.05. The molecule has 0 aliphatic carbocycles. The Morgan fingerprint density at radius 2 is 1.93 bits per heavy atom. The van der Waals surface area contributed by atoms with Crippen molar-refractivity contribution in [1.29, 1.82) is 0 Å². The number of sulfonamides is 1. The summed E-state index contributed by atoms with van der Waals surface area (Å²) in [6.07, 6.45) is 4.04. The Kier molecular flexibility index (Phi) is 9.83. The minimum Gasteiger partial charge on any atom is -0.495 e. The molecule has 0 aromatic heterocycles. The van der Waals surface area contributed by atoms with Crippen molar-refractivity contribution in [2.45, 2.75) is 24.7 Å². The van der Waals surface area contributed by atoms with Gasteiger partial charge in [-0.2, -0.15) is 0 Å². The Bertz CT molecular complexity index is 866. The van der Waals surface area contributed by atoms with E-state index in [9.17, 15) is 22.8 Å². The number of hydrogen-bond acceptors (Lipinski definition) is 7. The predicted octanol–water partition coefficient (Wildman–Crippen LogP) is 0.786. The highest BCUT2D eigenvalue weighted by molar-refractivity contribution is 7.89. The van der Waals surface area contributed by atoms with Crippen molar-refractivity contribution in [3.8, 4) is 5.75 Å². The minimum atomic E-state index is -3.76. The van der Waals surface area contributed by atoms with E-state index < -0.39 is 34.5 Å². The molecule has 1 aromatic rings. The Morgan fingerprint density at radius 3 is 2.55 bits per heavy atom. The highest BCUT2D eigenvalue weighted by atomic mass is 32.2. The Labute approximate surface area is 169 Å². The van der Waals surface area contributed by atoms with Gasteiger partial charge in [0.05, 0.1) is 7.11 Å². The molecule has 0 unspecified atom stereocenters. The standard InChI is InChI=1S/C18H25N3O7S/c1-4-5-10-20-18(24)21-16(22)12-28-17(23)9-7-13-6-8-14(27-3)15(11-13)29(25,26)19-2/h6-9,11,19H,4-5,10,12H2,1-3H3,(H2,20,21,22,24)/b9-7+. The number of urea groups is 1. The monoisotopic (exact) mass is 427 g/mol. The van der Waals surface area contributed by atoms with Crippen LogP contribution in [-0.4, -0.2) is 53.6 Å². The number of amides is 3. The summed E-state index contributed by atoms with van der Waals surface area (Å²) in [5, 5.41) is 4.52. The molecule has 29 heavy (non-hydrogen) atoms.